The molecule has 0 unspecified atom stereocenters. The zero-order valence-corrected chi connectivity index (χ0v) is 33.0. The van der Waals surface area contributed by atoms with E-state index in [0.717, 1.165) is 0 Å². The Labute approximate surface area is 308 Å². The summed E-state index contributed by atoms with van der Waals surface area (Å²) >= 11 is 0. The number of esters is 1. The number of fused-ring (bicyclic) bond motifs is 1. The van der Waals surface area contributed by atoms with Crippen LogP contribution in [0.15, 0.2) is 0 Å². The molecule has 5 N–H and O–H groups in total. The van der Waals surface area contributed by atoms with Crippen molar-refractivity contribution in [1.82, 2.24) is 4.90 Å². The zero-order chi connectivity index (χ0) is 39.3. The molecule has 4 aliphatic rings. The molecule has 18 atom stereocenters. The van der Waals surface area contributed by atoms with Crippen LogP contribution in [0, 0.1) is 23.7 Å². The fourth-order valence-electron chi connectivity index (χ4n) is 8.87. The number of rotatable bonds is 5. The third-order valence-corrected chi connectivity index (χ3v) is 12.1. The van der Waals surface area contributed by atoms with Crippen molar-refractivity contribution in [2.45, 2.75) is 172 Å². The Balaban J connectivity index is 1.86. The first-order chi connectivity index (χ1) is 23.9. The number of methoxy groups -OCH3 is 1. The van der Waals surface area contributed by atoms with E-state index in [-0.39, 0.29) is 38.0 Å². The first kappa shape index (κ1) is 43.4. The number of cyclic esters (lactones) is 1. The van der Waals surface area contributed by atoms with Crippen molar-refractivity contribution < 1.29 is 68.3 Å². The van der Waals surface area contributed by atoms with Gasteiger partial charge in [0.25, 0.3) is 5.97 Å². The molecule has 15 nitrogen and oxygen atoms in total. The molecule has 4 fully saturated rings. The van der Waals surface area contributed by atoms with E-state index in [0.29, 0.717) is 6.42 Å². The lowest BCUT2D eigenvalue weighted by Gasteiger charge is -2.55. The van der Waals surface area contributed by atoms with Crippen molar-refractivity contribution in [3.05, 3.63) is 0 Å². The van der Waals surface area contributed by atoms with E-state index in [9.17, 15) is 35.1 Å². The van der Waals surface area contributed by atoms with Gasteiger partial charge in [-0.25, -0.2) is 0 Å². The van der Waals surface area contributed by atoms with Crippen LogP contribution in [-0.4, -0.2) is 154 Å². The van der Waals surface area contributed by atoms with E-state index in [2.05, 4.69) is 0 Å². The monoisotopic (exact) mass is 747 g/mol. The molecule has 0 saturated carbocycles. The number of hydrogen-bond acceptors (Lipinski definition) is 15. The smallest absolute Gasteiger partial charge is 0.314 e. The van der Waals surface area contributed by atoms with Gasteiger partial charge in [0.2, 0.25) is 0 Å². The number of aliphatic hydroxyl groups is 5. The summed E-state index contributed by atoms with van der Waals surface area (Å²) in [5.74, 6) is -7.05. The Morgan fingerprint density at radius 1 is 0.962 bits per heavy atom. The van der Waals surface area contributed by atoms with Crippen LogP contribution in [0.1, 0.15) is 88.0 Å². The molecule has 4 aliphatic heterocycles. The molecule has 302 valence electrons. The lowest BCUT2D eigenvalue weighted by Crippen LogP contribution is -2.67. The summed E-state index contributed by atoms with van der Waals surface area (Å²) in [7, 11) is 5.14. The zero-order valence-electron chi connectivity index (χ0n) is 33.0. The molecule has 15 heteroatoms. The number of ketones is 1. The predicted molar refractivity (Wildman–Crippen MR) is 185 cm³/mol. The molecule has 0 bridgehead atoms. The van der Waals surface area contributed by atoms with Crippen LogP contribution in [0.4, 0.5) is 0 Å². The Morgan fingerprint density at radius 2 is 1.60 bits per heavy atom. The van der Waals surface area contributed by atoms with Gasteiger partial charge in [0, 0.05) is 30.9 Å². The van der Waals surface area contributed by atoms with Crippen LogP contribution < -0.4 is 0 Å². The Hall–Kier alpha value is -1.34. The number of hydrogen-bond donors (Lipinski definition) is 5. The van der Waals surface area contributed by atoms with Gasteiger partial charge in [0.1, 0.15) is 41.2 Å². The van der Waals surface area contributed by atoms with Gasteiger partial charge in [-0.05, 0) is 68.0 Å². The summed E-state index contributed by atoms with van der Waals surface area (Å²) in [4.78, 5) is 30.0. The van der Waals surface area contributed by atoms with Crippen molar-refractivity contribution in [1.29, 1.82) is 0 Å². The second-order valence-electron chi connectivity index (χ2n) is 16.8. The van der Waals surface area contributed by atoms with Crippen molar-refractivity contribution in [2.75, 3.05) is 27.8 Å². The summed E-state index contributed by atoms with van der Waals surface area (Å²) < 4.78 is 43.5. The van der Waals surface area contributed by atoms with Crippen molar-refractivity contribution in [2.24, 2.45) is 23.7 Å². The minimum absolute atomic E-state index is 0.0939. The molecular weight excluding hydrogens is 682 g/mol. The number of carbonyl (C=O) groups excluding carboxylic acids is 2. The van der Waals surface area contributed by atoms with Crippen LogP contribution in [0.3, 0.4) is 0 Å². The minimum Gasteiger partial charge on any atom is -0.459 e. The number of Topliss-reactive ketones (excluding diaryl/α,β-unsaturated/α-hetero) is 1. The fraction of sp³-hybridized carbons (Fsp3) is 0.946. The molecule has 4 heterocycles. The molecule has 0 radical (unpaired) electrons. The summed E-state index contributed by atoms with van der Waals surface area (Å²) in [6.07, 6.45) is -9.39. The molecule has 4 saturated heterocycles. The average Bonchev–Trinajstić information content (AvgIpc) is 3.07. The third-order valence-electron chi connectivity index (χ3n) is 12.1. The van der Waals surface area contributed by atoms with Crippen molar-refractivity contribution >= 4 is 11.8 Å². The highest BCUT2D eigenvalue weighted by molar-refractivity contribution is 5.83. The lowest BCUT2D eigenvalue weighted by atomic mass is 9.73. The van der Waals surface area contributed by atoms with Crippen LogP contribution in [-0.2, 0) is 42.7 Å². The van der Waals surface area contributed by atoms with Gasteiger partial charge in [-0.1, -0.05) is 27.7 Å². The molecule has 0 aromatic heterocycles. The highest BCUT2D eigenvalue weighted by Gasteiger charge is 2.61. The molecular formula is C37H65NO14. The van der Waals surface area contributed by atoms with Crippen molar-refractivity contribution in [3.8, 4) is 0 Å². The summed E-state index contributed by atoms with van der Waals surface area (Å²) in [5, 5.41) is 57.9. The van der Waals surface area contributed by atoms with E-state index in [1.807, 2.05) is 25.9 Å². The highest BCUT2D eigenvalue weighted by atomic mass is 16.9. The van der Waals surface area contributed by atoms with Gasteiger partial charge in [-0.3, -0.25) is 9.59 Å². The van der Waals surface area contributed by atoms with Gasteiger partial charge in [-0.15, -0.1) is 0 Å². The first-order valence-corrected chi connectivity index (χ1v) is 18.7. The van der Waals surface area contributed by atoms with Gasteiger partial charge in [-0.2, -0.15) is 0 Å². The number of aliphatic hydroxyl groups excluding tert-OH is 3. The molecule has 1 spiro atoms. The van der Waals surface area contributed by atoms with Crippen molar-refractivity contribution in [3.63, 3.8) is 0 Å². The normalized spacial score (nSPS) is 51.5. The molecule has 0 aliphatic carbocycles. The van der Waals surface area contributed by atoms with E-state index >= 15 is 0 Å². The Bertz CT molecular complexity index is 1250. The van der Waals surface area contributed by atoms with E-state index in [4.69, 9.17) is 33.2 Å². The maximum absolute atomic E-state index is 14.2. The Morgan fingerprint density at radius 3 is 2.17 bits per heavy atom. The predicted octanol–water partition coefficient (Wildman–Crippen LogP) is 1.12. The van der Waals surface area contributed by atoms with Gasteiger partial charge >= 0.3 is 5.97 Å². The maximum Gasteiger partial charge on any atom is 0.314 e. The molecule has 52 heavy (non-hydrogen) atoms. The van der Waals surface area contributed by atoms with Crippen LogP contribution in [0.25, 0.3) is 0 Å². The average molecular weight is 748 g/mol. The van der Waals surface area contributed by atoms with E-state index in [1.165, 1.54) is 27.9 Å². The SMILES string of the molecule is CC[C@@H]1OC(=O)[C@@H]2CO[C@]3(C[C@](C)(OC)[C@H](O)[C@H](C)O3)O[C@@H]2[C@@H](C)[C@H](O[C@@H]2O[C@H](C)C[C@H](N(C)C)[C@H]2O)[C@](C)(O)C[C@H](C)C(=O)[C@H](C)[C@@H](O)[C@@]1(C)O. The summed E-state index contributed by atoms with van der Waals surface area (Å²) in [6, 6.07) is -0.338. The van der Waals surface area contributed by atoms with Crippen LogP contribution >= 0.6 is 0 Å². The van der Waals surface area contributed by atoms with E-state index in [1.54, 1.807) is 34.6 Å². The largest absolute Gasteiger partial charge is 0.459 e. The second-order valence-corrected chi connectivity index (χ2v) is 16.8. The summed E-state index contributed by atoms with van der Waals surface area (Å²) in [6.45, 7) is 14.3. The van der Waals surface area contributed by atoms with Crippen LogP contribution in [0.2, 0.25) is 0 Å². The quantitative estimate of drug-likeness (QED) is 0.250. The molecule has 0 amide bonds. The van der Waals surface area contributed by atoms with E-state index < -0.39 is 107 Å². The minimum atomic E-state index is -2.03. The third kappa shape index (κ3) is 8.41. The fourth-order valence-corrected chi connectivity index (χ4v) is 8.87. The lowest BCUT2D eigenvalue weighted by molar-refractivity contribution is -0.474. The topological polar surface area (TPSA) is 203 Å². The van der Waals surface area contributed by atoms with Gasteiger partial charge < -0.3 is 63.6 Å². The Kier molecular flexibility index (Phi) is 13.4. The maximum atomic E-state index is 14.2. The molecule has 0 aromatic rings. The van der Waals surface area contributed by atoms with Gasteiger partial charge in [0.15, 0.2) is 6.29 Å². The van der Waals surface area contributed by atoms with Crippen LogP contribution in [0.5, 0.6) is 0 Å². The number of carbonyl (C=O) groups is 2. The first-order valence-electron chi connectivity index (χ1n) is 18.7. The van der Waals surface area contributed by atoms with Gasteiger partial charge in [0.05, 0.1) is 49.1 Å². The standard InChI is InChI=1S/C37H65NO14/c1-13-25-36(9,45)29(41)20(4)26(39)18(2)15-34(7,44)31(50-33-27(40)24(38(10)11)14-19(3)48-33)21(5)28-23(32(43)49-25)16-47-37(52-28)17-35(8,46-12)30(42)22(6)51-37/h18-25,27-31,33,40-42,44-45H,13-17H2,1-12H3/t18-,19+,20-,21+,22-,23+,24-,25-,27+,28+,29+,30+,31-,33-,34+,35-,36-,37-/m0/s1. The second kappa shape index (κ2) is 16.0. The molecule has 0 aromatic carbocycles. The summed E-state index contributed by atoms with van der Waals surface area (Å²) in [5.41, 5.74) is -5.03. The number of likely N-dealkylation sites (N-methyl/N-ethyl adjacent to an activating group) is 1. The highest BCUT2D eigenvalue weighted by Crippen LogP contribution is 2.47. The molecule has 4 rings (SSSR count). The number of nitrogens with zero attached hydrogens (tertiary/aromatic N) is 1. The number of ether oxygens (including phenoxy) is 7.